The van der Waals surface area contributed by atoms with Crippen LogP contribution >= 0.6 is 11.3 Å². The first kappa shape index (κ1) is 24.0. The molecule has 0 saturated carbocycles. The minimum atomic E-state index is -0.787. The number of hydrogen-bond donors (Lipinski definition) is 2. The van der Waals surface area contributed by atoms with Crippen molar-refractivity contribution in [1.82, 2.24) is 9.88 Å². The quantitative estimate of drug-likeness (QED) is 0.493. The van der Waals surface area contributed by atoms with Crippen LogP contribution < -0.4 is 15.5 Å². The lowest BCUT2D eigenvalue weighted by atomic mass is 10.1. The fraction of sp³-hybridized carbons (Fsp3) is 0.160. The standard InChI is InChI=1S/C25H19N5O6S/c31-19-9-10-20(32)29(19)17-7-3-15(4-8-17)23(35)28-24-27-18(13-37-24)14-1-5-16(6-2-14)26-25(36)30-21(33)11-12-22(30)34/h1-8,13H,9-12H2,(H,26,36)(H,27,28,35). The number of thiazole rings is 1. The molecule has 12 heteroatoms. The van der Waals surface area contributed by atoms with Gasteiger partial charge in [-0.2, -0.15) is 0 Å². The molecule has 5 rings (SSSR count). The molecular formula is C25H19N5O6S. The van der Waals surface area contributed by atoms with Crippen LogP contribution in [-0.4, -0.2) is 45.5 Å². The molecule has 2 N–H and O–H groups in total. The van der Waals surface area contributed by atoms with E-state index in [4.69, 9.17) is 0 Å². The Kier molecular flexibility index (Phi) is 6.32. The van der Waals surface area contributed by atoms with Crippen molar-refractivity contribution in [3.8, 4) is 11.3 Å². The normalized spacial score (nSPS) is 15.5. The summed E-state index contributed by atoms with van der Waals surface area (Å²) in [5.41, 5.74) is 2.51. The molecule has 2 saturated heterocycles. The third kappa shape index (κ3) is 4.86. The van der Waals surface area contributed by atoms with Gasteiger partial charge >= 0.3 is 6.03 Å². The van der Waals surface area contributed by atoms with Crippen LogP contribution in [0.5, 0.6) is 0 Å². The molecule has 186 valence electrons. The third-order valence-electron chi connectivity index (χ3n) is 5.85. The fourth-order valence-electron chi connectivity index (χ4n) is 3.97. The van der Waals surface area contributed by atoms with Crippen molar-refractivity contribution in [3.63, 3.8) is 0 Å². The zero-order valence-corrected chi connectivity index (χ0v) is 20.0. The lowest BCUT2D eigenvalue weighted by molar-refractivity contribution is -0.134. The van der Waals surface area contributed by atoms with Gasteiger partial charge in [0.05, 0.1) is 11.4 Å². The number of carbonyl (C=O) groups is 6. The van der Waals surface area contributed by atoms with Crippen molar-refractivity contribution in [2.45, 2.75) is 25.7 Å². The molecule has 0 unspecified atom stereocenters. The summed E-state index contributed by atoms with van der Waals surface area (Å²) in [6, 6.07) is 12.1. The van der Waals surface area contributed by atoms with E-state index < -0.39 is 23.8 Å². The van der Waals surface area contributed by atoms with E-state index in [-0.39, 0.29) is 37.5 Å². The zero-order valence-electron chi connectivity index (χ0n) is 19.2. The Bertz CT molecular complexity index is 1410. The number of rotatable bonds is 5. The summed E-state index contributed by atoms with van der Waals surface area (Å²) in [5.74, 6) is -1.96. The molecule has 0 radical (unpaired) electrons. The van der Waals surface area contributed by atoms with Gasteiger partial charge in [-0.25, -0.2) is 14.7 Å². The van der Waals surface area contributed by atoms with Gasteiger partial charge in [-0.1, -0.05) is 12.1 Å². The van der Waals surface area contributed by atoms with Crippen LogP contribution in [0, 0.1) is 0 Å². The van der Waals surface area contributed by atoms with E-state index in [1.54, 1.807) is 41.8 Å². The van der Waals surface area contributed by atoms with Crippen LogP contribution in [-0.2, 0) is 19.2 Å². The summed E-state index contributed by atoms with van der Waals surface area (Å²) >= 11 is 1.23. The summed E-state index contributed by atoms with van der Waals surface area (Å²) in [4.78, 5) is 78.2. The Hall–Kier alpha value is -4.71. The monoisotopic (exact) mass is 517 g/mol. The summed E-state index contributed by atoms with van der Waals surface area (Å²) in [6.07, 6.45) is 0.427. The van der Waals surface area contributed by atoms with E-state index in [1.165, 1.54) is 23.5 Å². The number of aromatic nitrogens is 1. The number of nitrogens with one attached hydrogen (secondary N) is 2. The number of likely N-dealkylation sites (tertiary alicyclic amines) is 1. The SMILES string of the molecule is O=C(Nc1nc(-c2ccc(NC(=O)N3C(=O)CCC3=O)cc2)cs1)c1ccc(N2C(=O)CCC2=O)cc1. The number of carbonyl (C=O) groups excluding carboxylic acids is 6. The highest BCUT2D eigenvalue weighted by Gasteiger charge is 2.34. The van der Waals surface area contributed by atoms with Crippen molar-refractivity contribution in [2.75, 3.05) is 15.5 Å². The Balaban J connectivity index is 1.21. The van der Waals surface area contributed by atoms with Crippen LogP contribution in [0.4, 0.5) is 21.3 Å². The number of hydrogen-bond acceptors (Lipinski definition) is 8. The van der Waals surface area contributed by atoms with Gasteiger partial charge in [0.15, 0.2) is 5.13 Å². The van der Waals surface area contributed by atoms with Crippen molar-refractivity contribution >= 4 is 63.4 Å². The largest absolute Gasteiger partial charge is 0.335 e. The van der Waals surface area contributed by atoms with Crippen molar-refractivity contribution in [3.05, 3.63) is 59.5 Å². The first-order valence-corrected chi connectivity index (χ1v) is 12.2. The number of urea groups is 1. The maximum absolute atomic E-state index is 12.6. The van der Waals surface area contributed by atoms with Crippen LogP contribution in [0.1, 0.15) is 36.0 Å². The van der Waals surface area contributed by atoms with Gasteiger partial charge in [-0.15, -0.1) is 11.3 Å². The summed E-state index contributed by atoms with van der Waals surface area (Å²) in [7, 11) is 0. The number of benzene rings is 2. The fourth-order valence-corrected chi connectivity index (χ4v) is 4.68. The number of imide groups is 4. The Morgan fingerprint density at radius 1 is 0.757 bits per heavy atom. The minimum absolute atomic E-state index is 0.0276. The van der Waals surface area contributed by atoms with Gasteiger partial charge in [-0.05, 0) is 36.4 Å². The lowest BCUT2D eigenvalue weighted by Gasteiger charge is -2.14. The highest BCUT2D eigenvalue weighted by Crippen LogP contribution is 2.27. The van der Waals surface area contributed by atoms with Crippen molar-refractivity contribution in [1.29, 1.82) is 0 Å². The third-order valence-corrected chi connectivity index (χ3v) is 6.61. The molecule has 2 aliphatic rings. The van der Waals surface area contributed by atoms with E-state index in [1.807, 2.05) is 0 Å². The van der Waals surface area contributed by atoms with Crippen molar-refractivity contribution < 1.29 is 28.8 Å². The van der Waals surface area contributed by atoms with Gasteiger partial charge in [-0.3, -0.25) is 34.2 Å². The van der Waals surface area contributed by atoms with Crippen LogP contribution in [0.2, 0.25) is 0 Å². The Labute approximate surface area is 214 Å². The smallest absolute Gasteiger partial charge is 0.307 e. The van der Waals surface area contributed by atoms with Crippen molar-refractivity contribution in [2.24, 2.45) is 0 Å². The van der Waals surface area contributed by atoms with E-state index in [9.17, 15) is 28.8 Å². The molecule has 0 spiro atoms. The maximum Gasteiger partial charge on any atom is 0.335 e. The highest BCUT2D eigenvalue weighted by atomic mass is 32.1. The average molecular weight is 518 g/mol. The number of nitrogens with zero attached hydrogens (tertiary/aromatic N) is 3. The number of amides is 7. The van der Waals surface area contributed by atoms with Gasteiger partial charge in [0.2, 0.25) is 23.6 Å². The molecule has 1 aromatic heterocycles. The van der Waals surface area contributed by atoms with Gasteiger partial charge in [0, 0.05) is 47.9 Å². The molecule has 2 aromatic carbocycles. The molecule has 0 aliphatic carbocycles. The molecule has 3 heterocycles. The zero-order chi connectivity index (χ0) is 26.1. The summed E-state index contributed by atoms with van der Waals surface area (Å²) in [5, 5.41) is 7.39. The molecule has 2 aliphatic heterocycles. The second kappa shape index (κ2) is 9.74. The van der Waals surface area contributed by atoms with E-state index in [2.05, 4.69) is 15.6 Å². The predicted octanol–water partition coefficient (Wildman–Crippen LogP) is 3.40. The molecule has 3 aromatic rings. The summed E-state index contributed by atoms with van der Waals surface area (Å²) in [6.45, 7) is 0. The highest BCUT2D eigenvalue weighted by molar-refractivity contribution is 7.14. The molecule has 0 atom stereocenters. The molecule has 0 bridgehead atoms. The minimum Gasteiger partial charge on any atom is -0.307 e. The predicted molar refractivity (Wildman–Crippen MR) is 134 cm³/mol. The molecule has 2 fully saturated rings. The van der Waals surface area contributed by atoms with Crippen LogP contribution in [0.15, 0.2) is 53.9 Å². The molecule has 37 heavy (non-hydrogen) atoms. The molecular weight excluding hydrogens is 498 g/mol. The Morgan fingerprint density at radius 3 is 1.97 bits per heavy atom. The van der Waals surface area contributed by atoms with Crippen LogP contribution in [0.3, 0.4) is 0 Å². The first-order chi connectivity index (χ1) is 17.8. The topological polar surface area (TPSA) is 146 Å². The molecule has 7 amide bonds. The Morgan fingerprint density at radius 2 is 1.35 bits per heavy atom. The van der Waals surface area contributed by atoms with Gasteiger partial charge in [0.1, 0.15) is 0 Å². The first-order valence-electron chi connectivity index (χ1n) is 11.3. The van der Waals surface area contributed by atoms with E-state index in [0.717, 1.165) is 10.5 Å². The lowest BCUT2D eigenvalue weighted by Crippen LogP contribution is -2.38. The second-order valence-corrected chi connectivity index (χ2v) is 9.15. The van der Waals surface area contributed by atoms with E-state index in [0.29, 0.717) is 32.7 Å². The maximum atomic E-state index is 12.6. The van der Waals surface area contributed by atoms with Crippen LogP contribution in [0.25, 0.3) is 11.3 Å². The van der Waals surface area contributed by atoms with E-state index >= 15 is 0 Å². The van der Waals surface area contributed by atoms with Gasteiger partial charge in [0.25, 0.3) is 5.91 Å². The number of anilines is 3. The van der Waals surface area contributed by atoms with Gasteiger partial charge < -0.3 is 5.32 Å². The average Bonchev–Trinajstić information content (AvgIpc) is 3.58. The summed E-state index contributed by atoms with van der Waals surface area (Å²) < 4.78 is 0. The second-order valence-electron chi connectivity index (χ2n) is 8.29. The molecule has 11 nitrogen and oxygen atoms in total.